The quantitative estimate of drug-likeness (QED) is 0.855. The van der Waals surface area contributed by atoms with Gasteiger partial charge in [-0.05, 0) is 66.3 Å². The van der Waals surface area contributed by atoms with Gasteiger partial charge >= 0.3 is 0 Å². The second-order valence-electron chi connectivity index (χ2n) is 6.40. The average Bonchev–Trinajstić information content (AvgIpc) is 2.61. The van der Waals surface area contributed by atoms with Crippen molar-refractivity contribution in [3.05, 3.63) is 46.9 Å². The lowest BCUT2D eigenvalue weighted by Gasteiger charge is -2.29. The summed E-state index contributed by atoms with van der Waals surface area (Å²) in [6.07, 6.45) is 3.75. The highest BCUT2D eigenvalue weighted by molar-refractivity contribution is 7.93. The number of primary sulfonamides is 1. The van der Waals surface area contributed by atoms with Crippen LogP contribution in [0, 0.1) is 11.3 Å². The van der Waals surface area contributed by atoms with Crippen molar-refractivity contribution in [3.63, 3.8) is 0 Å². The monoisotopic (exact) mass is 355 g/mol. The van der Waals surface area contributed by atoms with E-state index < -0.39 is 14.9 Å². The summed E-state index contributed by atoms with van der Waals surface area (Å²) in [4.78, 5) is 2.01. The van der Waals surface area contributed by atoms with Gasteiger partial charge in [-0.25, -0.2) is 13.6 Å². The molecule has 0 aromatic heterocycles. The van der Waals surface area contributed by atoms with Crippen molar-refractivity contribution in [2.75, 3.05) is 18.0 Å². The molecule has 1 heterocycles. The molecule has 0 atom stereocenters. The minimum absolute atomic E-state index is 0.368. The van der Waals surface area contributed by atoms with Crippen LogP contribution in [-0.2, 0) is 10.0 Å². The fraction of sp³-hybridized carbons (Fsp3) is 0.316. The molecule has 0 bridgehead atoms. The Hall–Kier alpha value is -2.36. The molecule has 2 aromatic carbocycles. The number of piperidine rings is 1. The molecule has 0 amide bonds. The van der Waals surface area contributed by atoms with Crippen LogP contribution < -0.4 is 10.0 Å². The molecular weight excluding hydrogens is 334 g/mol. The lowest BCUT2D eigenvalue weighted by atomic mass is 10.0. The predicted molar refractivity (Wildman–Crippen MR) is 101 cm³/mol. The van der Waals surface area contributed by atoms with Crippen molar-refractivity contribution >= 4 is 32.1 Å². The normalized spacial score (nSPS) is 16.4. The summed E-state index contributed by atoms with van der Waals surface area (Å²) in [6, 6.07) is 13.7. The molecular formula is C19H21N3O2S. The van der Waals surface area contributed by atoms with E-state index in [0.717, 1.165) is 23.9 Å². The second-order valence-corrected chi connectivity index (χ2v) is 7.90. The van der Waals surface area contributed by atoms with Crippen LogP contribution in [0.15, 0.2) is 41.3 Å². The number of allylic oxidation sites excluding steroid dienone is 2. The summed E-state index contributed by atoms with van der Waals surface area (Å²) in [5.41, 5.74) is 2.27. The molecule has 0 unspecified atom stereocenters. The number of fused-ring (bicyclic) bond motifs is 1. The Morgan fingerprint density at radius 2 is 1.72 bits per heavy atom. The maximum absolute atomic E-state index is 11.6. The van der Waals surface area contributed by atoms with Gasteiger partial charge in [0.25, 0.3) is 0 Å². The molecule has 25 heavy (non-hydrogen) atoms. The third kappa shape index (κ3) is 3.68. The first-order chi connectivity index (χ1) is 11.9. The number of hydrogen-bond donors (Lipinski definition) is 1. The maximum Gasteiger partial charge on any atom is 0.248 e. The molecule has 1 aliphatic heterocycles. The zero-order chi connectivity index (χ0) is 18.0. The van der Waals surface area contributed by atoms with Crippen LogP contribution in [-0.4, -0.2) is 21.5 Å². The SMILES string of the molecule is C/C(=C(/C#N)S(N)(=O)=O)c1ccc2cc(N3CCCCC3)ccc2c1. The highest BCUT2D eigenvalue weighted by Gasteiger charge is 2.17. The molecule has 1 saturated heterocycles. The summed E-state index contributed by atoms with van der Waals surface area (Å²) in [5, 5.41) is 16.3. The van der Waals surface area contributed by atoms with E-state index in [1.807, 2.05) is 24.3 Å². The highest BCUT2D eigenvalue weighted by Crippen LogP contribution is 2.28. The van der Waals surface area contributed by atoms with E-state index in [1.54, 1.807) is 13.0 Å². The minimum Gasteiger partial charge on any atom is -0.372 e. The molecule has 5 nitrogen and oxygen atoms in total. The fourth-order valence-corrected chi connectivity index (χ4v) is 3.98. The number of nitrogens with zero attached hydrogens (tertiary/aromatic N) is 2. The van der Waals surface area contributed by atoms with Crippen LogP contribution >= 0.6 is 0 Å². The first kappa shape index (κ1) is 17.5. The molecule has 0 radical (unpaired) electrons. The number of rotatable bonds is 3. The minimum atomic E-state index is -4.03. The number of nitrogens with two attached hydrogens (primary N) is 1. The third-order valence-electron chi connectivity index (χ3n) is 4.70. The smallest absolute Gasteiger partial charge is 0.248 e. The van der Waals surface area contributed by atoms with Crippen LogP contribution in [0.3, 0.4) is 0 Å². The molecule has 2 aromatic rings. The van der Waals surface area contributed by atoms with E-state index in [1.165, 1.54) is 24.9 Å². The molecule has 0 aliphatic carbocycles. The molecule has 0 spiro atoms. The Kier molecular flexibility index (Phi) is 4.80. The molecule has 0 saturated carbocycles. The Bertz CT molecular complexity index is 981. The lowest BCUT2D eigenvalue weighted by Crippen LogP contribution is -2.29. The lowest BCUT2D eigenvalue weighted by molar-refractivity contribution is 0.578. The van der Waals surface area contributed by atoms with Crippen molar-refractivity contribution in [2.24, 2.45) is 5.14 Å². The summed E-state index contributed by atoms with van der Waals surface area (Å²) in [6.45, 7) is 3.78. The van der Waals surface area contributed by atoms with E-state index in [0.29, 0.717) is 11.1 Å². The van der Waals surface area contributed by atoms with E-state index in [2.05, 4.69) is 17.0 Å². The number of hydrogen-bond acceptors (Lipinski definition) is 4. The summed E-state index contributed by atoms with van der Waals surface area (Å²) in [7, 11) is -4.03. The zero-order valence-electron chi connectivity index (χ0n) is 14.2. The third-order valence-corrected chi connectivity index (χ3v) is 5.67. The molecule has 1 fully saturated rings. The number of benzene rings is 2. The summed E-state index contributed by atoms with van der Waals surface area (Å²) < 4.78 is 23.1. The van der Waals surface area contributed by atoms with Crippen LogP contribution in [0.25, 0.3) is 16.3 Å². The van der Waals surface area contributed by atoms with Crippen LogP contribution in [0.1, 0.15) is 31.7 Å². The zero-order valence-corrected chi connectivity index (χ0v) is 15.0. The van der Waals surface area contributed by atoms with Gasteiger partial charge in [0.15, 0.2) is 4.91 Å². The van der Waals surface area contributed by atoms with Gasteiger partial charge in [-0.2, -0.15) is 5.26 Å². The Morgan fingerprint density at radius 3 is 2.36 bits per heavy atom. The Morgan fingerprint density at radius 1 is 1.08 bits per heavy atom. The van der Waals surface area contributed by atoms with Crippen molar-refractivity contribution in [2.45, 2.75) is 26.2 Å². The van der Waals surface area contributed by atoms with Gasteiger partial charge in [-0.1, -0.05) is 18.2 Å². The van der Waals surface area contributed by atoms with Crippen molar-refractivity contribution in [1.29, 1.82) is 5.26 Å². The van der Waals surface area contributed by atoms with Gasteiger partial charge in [-0.15, -0.1) is 0 Å². The van der Waals surface area contributed by atoms with Crippen LogP contribution in [0.5, 0.6) is 0 Å². The highest BCUT2D eigenvalue weighted by atomic mass is 32.2. The van der Waals surface area contributed by atoms with Gasteiger partial charge in [-0.3, -0.25) is 0 Å². The standard InChI is InChI=1S/C19H21N3O2S/c1-14(19(13-20)25(21,23)24)15-5-6-17-12-18(8-7-16(17)11-15)22-9-3-2-4-10-22/h5-8,11-12H,2-4,9-10H2,1H3,(H2,21,23,24)/b19-14+. The summed E-state index contributed by atoms with van der Waals surface area (Å²) in [5.74, 6) is 0. The summed E-state index contributed by atoms with van der Waals surface area (Å²) >= 11 is 0. The topological polar surface area (TPSA) is 87.2 Å². The van der Waals surface area contributed by atoms with E-state index in [4.69, 9.17) is 10.4 Å². The first-order valence-electron chi connectivity index (χ1n) is 8.33. The van der Waals surface area contributed by atoms with Gasteiger partial charge in [0.2, 0.25) is 10.0 Å². The second kappa shape index (κ2) is 6.87. The van der Waals surface area contributed by atoms with Crippen molar-refractivity contribution in [3.8, 4) is 6.07 Å². The Labute approximate surface area is 148 Å². The van der Waals surface area contributed by atoms with Crippen molar-refractivity contribution < 1.29 is 8.42 Å². The van der Waals surface area contributed by atoms with Gasteiger partial charge in [0.05, 0.1) is 0 Å². The average molecular weight is 355 g/mol. The van der Waals surface area contributed by atoms with E-state index in [-0.39, 0.29) is 0 Å². The Balaban J connectivity index is 2.01. The first-order valence-corrected chi connectivity index (χ1v) is 9.88. The van der Waals surface area contributed by atoms with Crippen LogP contribution in [0.2, 0.25) is 0 Å². The molecule has 130 valence electrons. The molecule has 1 aliphatic rings. The molecule has 6 heteroatoms. The molecule has 3 rings (SSSR count). The number of anilines is 1. The maximum atomic E-state index is 11.6. The van der Waals surface area contributed by atoms with Gasteiger partial charge in [0.1, 0.15) is 6.07 Å². The number of nitriles is 1. The van der Waals surface area contributed by atoms with E-state index >= 15 is 0 Å². The number of sulfonamides is 1. The van der Waals surface area contributed by atoms with Crippen molar-refractivity contribution in [1.82, 2.24) is 0 Å². The molecule has 2 N–H and O–H groups in total. The van der Waals surface area contributed by atoms with Gasteiger partial charge in [0, 0.05) is 18.8 Å². The fourth-order valence-electron chi connectivity index (χ4n) is 3.31. The largest absolute Gasteiger partial charge is 0.372 e. The van der Waals surface area contributed by atoms with Gasteiger partial charge < -0.3 is 4.90 Å². The van der Waals surface area contributed by atoms with Crippen LogP contribution in [0.4, 0.5) is 5.69 Å². The predicted octanol–water partition coefficient (Wildman–Crippen LogP) is 3.37. The van der Waals surface area contributed by atoms with E-state index in [9.17, 15) is 8.42 Å².